The number of guanidine groups is 1. The number of aliphatic carboxylic acids is 1. The van der Waals surface area contributed by atoms with Crippen LogP contribution in [0, 0.1) is 0 Å². The van der Waals surface area contributed by atoms with Crippen LogP contribution in [0.2, 0.25) is 0 Å². The van der Waals surface area contributed by atoms with Crippen molar-refractivity contribution in [2.45, 2.75) is 32.2 Å². The largest absolute Gasteiger partial charge is 0.480 e. The van der Waals surface area contributed by atoms with E-state index in [1.165, 1.54) is 6.07 Å². The minimum atomic E-state index is -3.69. The van der Waals surface area contributed by atoms with Gasteiger partial charge in [0, 0.05) is 11.3 Å². The van der Waals surface area contributed by atoms with Crippen LogP contribution in [0.25, 0.3) is 0 Å². The number of hydrogen-bond acceptors (Lipinski definition) is 5. The maximum atomic E-state index is 12.5. The van der Waals surface area contributed by atoms with Crippen molar-refractivity contribution in [3.05, 3.63) is 59.7 Å². The van der Waals surface area contributed by atoms with Crippen molar-refractivity contribution in [1.82, 2.24) is 4.72 Å². The summed E-state index contributed by atoms with van der Waals surface area (Å²) in [4.78, 5) is 27.9. The fraction of sp³-hybridized carbons (Fsp3) is 0.286. The normalized spacial score (nSPS) is 12.0. The van der Waals surface area contributed by atoms with Gasteiger partial charge in [-0.05, 0) is 48.7 Å². The van der Waals surface area contributed by atoms with Crippen LogP contribution in [-0.4, -0.2) is 43.2 Å². The number of nitrogens with zero attached hydrogens (tertiary/aromatic N) is 1. The molecule has 2 aromatic carbocycles. The number of amides is 1. The molecule has 0 aliphatic heterocycles. The molecule has 11 heteroatoms. The summed E-state index contributed by atoms with van der Waals surface area (Å²) in [6.07, 6.45) is 1.10. The molecule has 0 radical (unpaired) electrons. The zero-order chi connectivity index (χ0) is 23.7. The summed E-state index contributed by atoms with van der Waals surface area (Å²) in [6.45, 7) is 1.85. The minimum absolute atomic E-state index is 0.0323. The van der Waals surface area contributed by atoms with E-state index in [9.17, 15) is 23.1 Å². The van der Waals surface area contributed by atoms with E-state index in [1.807, 2.05) is 6.92 Å². The maximum absolute atomic E-state index is 12.5. The number of benzene rings is 2. The van der Waals surface area contributed by atoms with E-state index in [4.69, 9.17) is 11.5 Å². The SMILES string of the molecule is CCCCS(=O)(=O)N[C@@H](Cc1ccc(NC(=O)c2cccc(N=C(N)N)c2)cc1)C(=O)O. The van der Waals surface area contributed by atoms with Crippen molar-refractivity contribution in [1.29, 1.82) is 0 Å². The molecule has 0 aliphatic carbocycles. The lowest BCUT2D eigenvalue weighted by atomic mass is 10.1. The van der Waals surface area contributed by atoms with Gasteiger partial charge in [-0.1, -0.05) is 31.5 Å². The summed E-state index contributed by atoms with van der Waals surface area (Å²) in [7, 11) is -3.69. The first-order chi connectivity index (χ1) is 15.1. The van der Waals surface area contributed by atoms with E-state index in [-0.39, 0.29) is 24.0 Å². The highest BCUT2D eigenvalue weighted by molar-refractivity contribution is 7.89. The number of carbonyl (C=O) groups is 2. The predicted molar refractivity (Wildman–Crippen MR) is 123 cm³/mol. The molecular weight excluding hydrogens is 434 g/mol. The van der Waals surface area contributed by atoms with Crippen LogP contribution in [0.3, 0.4) is 0 Å². The average molecular weight is 462 g/mol. The monoisotopic (exact) mass is 461 g/mol. The lowest BCUT2D eigenvalue weighted by molar-refractivity contribution is -0.138. The molecule has 0 heterocycles. The van der Waals surface area contributed by atoms with Gasteiger partial charge >= 0.3 is 5.97 Å². The lowest BCUT2D eigenvalue weighted by Crippen LogP contribution is -2.43. The van der Waals surface area contributed by atoms with E-state index in [0.717, 1.165) is 0 Å². The fourth-order valence-electron chi connectivity index (χ4n) is 2.82. The molecule has 0 saturated heterocycles. The van der Waals surface area contributed by atoms with Crippen molar-refractivity contribution in [2.75, 3.05) is 11.1 Å². The summed E-state index contributed by atoms with van der Waals surface area (Å²) < 4.78 is 26.3. The van der Waals surface area contributed by atoms with Gasteiger partial charge in [-0.15, -0.1) is 0 Å². The minimum Gasteiger partial charge on any atom is -0.480 e. The molecule has 0 aromatic heterocycles. The summed E-state index contributed by atoms with van der Waals surface area (Å²) in [6, 6.07) is 11.6. The highest BCUT2D eigenvalue weighted by Gasteiger charge is 2.24. The molecule has 0 fully saturated rings. The molecule has 2 rings (SSSR count). The number of anilines is 1. The van der Waals surface area contributed by atoms with Crippen LogP contribution in [0.15, 0.2) is 53.5 Å². The zero-order valence-corrected chi connectivity index (χ0v) is 18.4. The van der Waals surface area contributed by atoms with Gasteiger partial charge in [0.05, 0.1) is 11.4 Å². The Morgan fingerprint density at radius 3 is 2.41 bits per heavy atom. The first kappa shape index (κ1) is 24.8. The lowest BCUT2D eigenvalue weighted by Gasteiger charge is -2.15. The molecule has 10 nitrogen and oxygen atoms in total. The van der Waals surface area contributed by atoms with Gasteiger partial charge in [0.1, 0.15) is 6.04 Å². The number of carboxylic acids is 1. The number of nitrogens with one attached hydrogen (secondary N) is 2. The Morgan fingerprint density at radius 1 is 1.12 bits per heavy atom. The molecule has 0 unspecified atom stereocenters. The number of sulfonamides is 1. The van der Waals surface area contributed by atoms with Crippen molar-refractivity contribution in [3.8, 4) is 0 Å². The number of hydrogen-bond donors (Lipinski definition) is 5. The number of carboxylic acid groups (broad SMARTS) is 1. The standard InChI is InChI=1S/C21H27N5O5S/c1-2-3-11-32(30,31)26-18(20(28)29)12-14-7-9-16(10-8-14)24-19(27)15-5-4-6-17(13-15)25-21(22)23/h4-10,13,18,26H,2-3,11-12H2,1H3,(H,24,27)(H,28,29)(H4,22,23,25)/t18-/m0/s1. The van der Waals surface area contributed by atoms with Crippen molar-refractivity contribution in [2.24, 2.45) is 16.5 Å². The molecule has 7 N–H and O–H groups in total. The Balaban J connectivity index is 2.05. The zero-order valence-electron chi connectivity index (χ0n) is 17.6. The van der Waals surface area contributed by atoms with Crippen LogP contribution in [0.1, 0.15) is 35.7 Å². The predicted octanol–water partition coefficient (Wildman–Crippen LogP) is 1.56. The molecule has 2 aromatic rings. The molecule has 0 bridgehead atoms. The van der Waals surface area contributed by atoms with Crippen LogP contribution >= 0.6 is 0 Å². The molecule has 0 spiro atoms. The molecule has 0 aliphatic rings. The van der Waals surface area contributed by atoms with Gasteiger partial charge in [0.25, 0.3) is 5.91 Å². The second-order valence-corrected chi connectivity index (χ2v) is 9.00. The van der Waals surface area contributed by atoms with Gasteiger partial charge in [0.2, 0.25) is 10.0 Å². The average Bonchev–Trinajstić information content (AvgIpc) is 2.72. The van der Waals surface area contributed by atoms with Crippen LogP contribution in [0.5, 0.6) is 0 Å². The van der Waals surface area contributed by atoms with E-state index in [0.29, 0.717) is 35.3 Å². The number of nitrogens with two attached hydrogens (primary N) is 2. The van der Waals surface area contributed by atoms with Crippen LogP contribution in [-0.2, 0) is 21.2 Å². The topological polar surface area (TPSA) is 177 Å². The molecule has 1 amide bonds. The van der Waals surface area contributed by atoms with Gasteiger partial charge in [-0.3, -0.25) is 9.59 Å². The number of rotatable bonds is 11. The molecule has 1 atom stereocenters. The van der Waals surface area contributed by atoms with Crippen LogP contribution < -0.4 is 21.5 Å². The Labute approximate surface area is 186 Å². The summed E-state index contributed by atoms with van der Waals surface area (Å²) in [5.41, 5.74) is 12.6. The molecule has 172 valence electrons. The smallest absolute Gasteiger partial charge is 0.322 e. The summed E-state index contributed by atoms with van der Waals surface area (Å²) >= 11 is 0. The van der Waals surface area contributed by atoms with Gasteiger partial charge in [-0.25, -0.2) is 18.1 Å². The molecule has 0 saturated carbocycles. The number of aliphatic imine (C=N–C) groups is 1. The second kappa shape index (κ2) is 11.3. The van der Waals surface area contributed by atoms with E-state index >= 15 is 0 Å². The second-order valence-electron chi connectivity index (χ2n) is 7.12. The molecule has 32 heavy (non-hydrogen) atoms. The fourth-order valence-corrected chi connectivity index (χ4v) is 4.22. The van der Waals surface area contributed by atoms with Crippen molar-refractivity contribution >= 4 is 39.2 Å². The third kappa shape index (κ3) is 8.00. The Kier molecular flexibility index (Phi) is 8.73. The van der Waals surface area contributed by atoms with E-state index in [1.54, 1.807) is 42.5 Å². The van der Waals surface area contributed by atoms with E-state index in [2.05, 4.69) is 15.0 Å². The number of unbranched alkanes of at least 4 members (excludes halogenated alkanes) is 1. The molecular formula is C21H27N5O5S. The number of carbonyl (C=O) groups excluding carboxylic acids is 1. The summed E-state index contributed by atoms with van der Waals surface area (Å²) in [5, 5.41) is 12.1. The maximum Gasteiger partial charge on any atom is 0.322 e. The third-order valence-electron chi connectivity index (χ3n) is 4.40. The highest BCUT2D eigenvalue weighted by Crippen LogP contribution is 2.17. The van der Waals surface area contributed by atoms with Crippen molar-refractivity contribution < 1.29 is 23.1 Å². The quantitative estimate of drug-likeness (QED) is 0.249. The Bertz CT molecular complexity index is 1080. The van der Waals surface area contributed by atoms with Crippen LogP contribution in [0.4, 0.5) is 11.4 Å². The van der Waals surface area contributed by atoms with Gasteiger partial charge < -0.3 is 21.9 Å². The van der Waals surface area contributed by atoms with E-state index < -0.39 is 22.0 Å². The summed E-state index contributed by atoms with van der Waals surface area (Å²) in [5.74, 6) is -1.88. The van der Waals surface area contributed by atoms with Gasteiger partial charge in [0.15, 0.2) is 5.96 Å². The third-order valence-corrected chi connectivity index (χ3v) is 5.87. The first-order valence-electron chi connectivity index (χ1n) is 9.92. The Morgan fingerprint density at radius 2 is 1.81 bits per heavy atom. The van der Waals surface area contributed by atoms with Gasteiger partial charge in [-0.2, -0.15) is 0 Å². The van der Waals surface area contributed by atoms with Crippen molar-refractivity contribution in [3.63, 3.8) is 0 Å². The Hall–Kier alpha value is -3.44. The highest BCUT2D eigenvalue weighted by atomic mass is 32.2. The first-order valence-corrected chi connectivity index (χ1v) is 11.6.